The second kappa shape index (κ2) is 4.61. The summed E-state index contributed by atoms with van der Waals surface area (Å²) in [7, 11) is 0. The van der Waals surface area contributed by atoms with Crippen LogP contribution in [0.5, 0.6) is 0 Å². The highest BCUT2D eigenvalue weighted by Crippen LogP contribution is 2.24. The van der Waals surface area contributed by atoms with E-state index in [0.29, 0.717) is 0 Å². The Labute approximate surface area is 80.7 Å². The molecule has 3 nitrogen and oxygen atoms in total. The molecule has 3 heteroatoms. The fourth-order valence-corrected chi connectivity index (χ4v) is 1.66. The molecular formula is C10H21NO2. The maximum absolute atomic E-state index is 11.1. The van der Waals surface area contributed by atoms with Crippen molar-refractivity contribution < 1.29 is 9.90 Å². The fraction of sp³-hybridized carbons (Fsp3) is 0.900. The van der Waals surface area contributed by atoms with Crippen LogP contribution >= 0.6 is 0 Å². The van der Waals surface area contributed by atoms with Crippen molar-refractivity contribution in [3.8, 4) is 0 Å². The molecule has 0 aliphatic carbocycles. The van der Waals surface area contributed by atoms with E-state index in [9.17, 15) is 4.79 Å². The molecular weight excluding hydrogens is 166 g/mol. The molecule has 0 saturated carbocycles. The maximum atomic E-state index is 11.1. The van der Waals surface area contributed by atoms with Crippen molar-refractivity contribution in [1.82, 2.24) is 4.90 Å². The lowest BCUT2D eigenvalue weighted by Gasteiger charge is -2.35. The van der Waals surface area contributed by atoms with Gasteiger partial charge in [-0.25, -0.2) is 0 Å². The molecule has 0 aliphatic heterocycles. The van der Waals surface area contributed by atoms with Crippen LogP contribution in [0.25, 0.3) is 0 Å². The summed E-state index contributed by atoms with van der Waals surface area (Å²) in [6, 6.07) is -0.387. The van der Waals surface area contributed by atoms with Crippen molar-refractivity contribution in [3.63, 3.8) is 0 Å². The number of carboxylic acid groups (broad SMARTS) is 1. The van der Waals surface area contributed by atoms with Crippen molar-refractivity contribution in [2.75, 3.05) is 13.1 Å². The lowest BCUT2D eigenvalue weighted by atomic mass is 9.85. The maximum Gasteiger partial charge on any atom is 0.321 e. The second-order valence-corrected chi connectivity index (χ2v) is 4.33. The molecule has 1 N–H and O–H groups in total. The molecule has 0 amide bonds. The topological polar surface area (TPSA) is 40.5 Å². The largest absolute Gasteiger partial charge is 0.480 e. The first-order valence-corrected chi connectivity index (χ1v) is 4.81. The summed E-state index contributed by atoms with van der Waals surface area (Å²) in [5.74, 6) is -0.726. The Balaban J connectivity index is 4.69. The molecule has 0 fully saturated rings. The predicted octanol–water partition coefficient (Wildman–Crippen LogP) is 1.83. The van der Waals surface area contributed by atoms with Gasteiger partial charge < -0.3 is 5.11 Å². The van der Waals surface area contributed by atoms with Gasteiger partial charge in [-0.1, -0.05) is 34.6 Å². The van der Waals surface area contributed by atoms with Gasteiger partial charge in [0.05, 0.1) is 0 Å². The van der Waals surface area contributed by atoms with E-state index < -0.39 is 5.97 Å². The zero-order valence-electron chi connectivity index (χ0n) is 9.29. The normalized spacial score (nSPS) is 14.6. The Morgan fingerprint density at radius 1 is 1.31 bits per heavy atom. The Hall–Kier alpha value is -0.570. The molecule has 0 aliphatic rings. The predicted molar refractivity (Wildman–Crippen MR) is 53.8 cm³/mol. The van der Waals surface area contributed by atoms with E-state index in [2.05, 4.69) is 0 Å². The van der Waals surface area contributed by atoms with E-state index in [1.807, 2.05) is 39.5 Å². The number of carbonyl (C=O) groups is 1. The highest BCUT2D eigenvalue weighted by atomic mass is 16.4. The second-order valence-electron chi connectivity index (χ2n) is 4.33. The third kappa shape index (κ3) is 3.35. The van der Waals surface area contributed by atoms with Crippen molar-refractivity contribution in [2.24, 2.45) is 5.41 Å². The van der Waals surface area contributed by atoms with Gasteiger partial charge in [0, 0.05) is 0 Å². The van der Waals surface area contributed by atoms with Crippen LogP contribution in [0.2, 0.25) is 0 Å². The molecule has 13 heavy (non-hydrogen) atoms. The summed E-state index contributed by atoms with van der Waals surface area (Å²) < 4.78 is 0. The molecule has 0 radical (unpaired) electrons. The molecule has 0 aromatic carbocycles. The minimum atomic E-state index is -0.726. The summed E-state index contributed by atoms with van der Waals surface area (Å²) in [4.78, 5) is 13.0. The summed E-state index contributed by atoms with van der Waals surface area (Å²) in [6.07, 6.45) is 0. The van der Waals surface area contributed by atoms with Crippen LogP contribution in [0.4, 0.5) is 0 Å². The number of nitrogens with zero attached hydrogens (tertiary/aromatic N) is 1. The molecule has 0 spiro atoms. The molecule has 0 unspecified atom stereocenters. The molecule has 1 atom stereocenters. The van der Waals surface area contributed by atoms with E-state index >= 15 is 0 Å². The third-order valence-electron chi connectivity index (χ3n) is 2.23. The van der Waals surface area contributed by atoms with Gasteiger partial charge in [0.25, 0.3) is 0 Å². The van der Waals surface area contributed by atoms with Crippen molar-refractivity contribution in [1.29, 1.82) is 0 Å². The number of hydrogen-bond donors (Lipinski definition) is 1. The Kier molecular flexibility index (Phi) is 4.40. The third-order valence-corrected chi connectivity index (χ3v) is 2.23. The van der Waals surface area contributed by atoms with Gasteiger partial charge >= 0.3 is 5.97 Å². The first kappa shape index (κ1) is 12.4. The summed E-state index contributed by atoms with van der Waals surface area (Å²) in [5, 5.41) is 9.10. The highest BCUT2D eigenvalue weighted by Gasteiger charge is 2.34. The molecule has 0 aromatic rings. The summed E-state index contributed by atoms with van der Waals surface area (Å²) in [5.41, 5.74) is -0.210. The van der Waals surface area contributed by atoms with E-state index in [-0.39, 0.29) is 11.5 Å². The smallest absolute Gasteiger partial charge is 0.321 e. The molecule has 78 valence electrons. The van der Waals surface area contributed by atoms with Crippen LogP contribution in [-0.4, -0.2) is 35.1 Å². The van der Waals surface area contributed by atoms with Gasteiger partial charge in [-0.15, -0.1) is 0 Å². The van der Waals surface area contributed by atoms with E-state index in [0.717, 1.165) is 13.1 Å². The molecule has 0 saturated heterocycles. The number of likely N-dealkylation sites (N-methyl/N-ethyl adjacent to an activating group) is 1. The summed E-state index contributed by atoms with van der Waals surface area (Å²) >= 11 is 0. The first-order valence-electron chi connectivity index (χ1n) is 4.81. The number of carboxylic acids is 1. The van der Waals surface area contributed by atoms with Crippen LogP contribution in [0.15, 0.2) is 0 Å². The molecule has 0 bridgehead atoms. The van der Waals surface area contributed by atoms with E-state index in [4.69, 9.17) is 5.11 Å². The van der Waals surface area contributed by atoms with Crippen molar-refractivity contribution in [3.05, 3.63) is 0 Å². The first-order chi connectivity index (χ1) is 5.84. The Morgan fingerprint density at radius 3 is 1.77 bits per heavy atom. The quantitative estimate of drug-likeness (QED) is 0.730. The summed E-state index contributed by atoms with van der Waals surface area (Å²) in [6.45, 7) is 11.4. The van der Waals surface area contributed by atoms with Gasteiger partial charge in [0.15, 0.2) is 0 Å². The van der Waals surface area contributed by atoms with Crippen molar-refractivity contribution in [2.45, 2.75) is 40.7 Å². The zero-order chi connectivity index (χ0) is 10.6. The minimum absolute atomic E-state index is 0.210. The lowest BCUT2D eigenvalue weighted by molar-refractivity contribution is -0.147. The van der Waals surface area contributed by atoms with Gasteiger partial charge in [-0.3, -0.25) is 9.69 Å². The van der Waals surface area contributed by atoms with Crippen LogP contribution in [0, 0.1) is 5.41 Å². The Morgan fingerprint density at radius 2 is 1.69 bits per heavy atom. The number of aliphatic carboxylic acids is 1. The SMILES string of the molecule is CCN(CC)[C@@H](C(=O)O)C(C)(C)C. The molecule has 0 aromatic heterocycles. The fourth-order valence-electron chi connectivity index (χ4n) is 1.66. The average molecular weight is 187 g/mol. The number of hydrogen-bond acceptors (Lipinski definition) is 2. The number of rotatable bonds is 4. The van der Waals surface area contributed by atoms with Gasteiger partial charge in [0.2, 0.25) is 0 Å². The van der Waals surface area contributed by atoms with Crippen molar-refractivity contribution >= 4 is 5.97 Å². The van der Waals surface area contributed by atoms with E-state index in [1.54, 1.807) is 0 Å². The zero-order valence-corrected chi connectivity index (χ0v) is 9.29. The lowest BCUT2D eigenvalue weighted by Crippen LogP contribution is -2.49. The van der Waals surface area contributed by atoms with Crippen LogP contribution in [0.3, 0.4) is 0 Å². The average Bonchev–Trinajstić information content (AvgIpc) is 1.96. The monoisotopic (exact) mass is 187 g/mol. The van der Waals surface area contributed by atoms with E-state index in [1.165, 1.54) is 0 Å². The standard InChI is InChI=1S/C10H21NO2/c1-6-11(7-2)8(9(12)13)10(3,4)5/h8H,6-7H2,1-5H3,(H,12,13)/t8-/m0/s1. The van der Waals surface area contributed by atoms with Crippen LogP contribution in [-0.2, 0) is 4.79 Å². The van der Waals surface area contributed by atoms with Gasteiger partial charge in [0.1, 0.15) is 6.04 Å². The molecule has 0 rings (SSSR count). The highest BCUT2D eigenvalue weighted by molar-refractivity contribution is 5.74. The van der Waals surface area contributed by atoms with Crippen LogP contribution in [0.1, 0.15) is 34.6 Å². The minimum Gasteiger partial charge on any atom is -0.480 e. The van der Waals surface area contributed by atoms with Crippen LogP contribution < -0.4 is 0 Å². The van der Waals surface area contributed by atoms with Gasteiger partial charge in [-0.2, -0.15) is 0 Å². The Bertz CT molecular complexity index is 168. The molecule has 0 heterocycles. The van der Waals surface area contributed by atoms with Gasteiger partial charge in [-0.05, 0) is 18.5 Å².